The molecule has 88 valence electrons. The van der Waals surface area contributed by atoms with Gasteiger partial charge in [0.15, 0.2) is 0 Å². The van der Waals surface area contributed by atoms with Crippen LogP contribution in [0.25, 0.3) is 0 Å². The van der Waals surface area contributed by atoms with Crippen molar-refractivity contribution in [2.24, 2.45) is 11.3 Å². The zero-order valence-corrected chi connectivity index (χ0v) is 12.2. The van der Waals surface area contributed by atoms with E-state index >= 15 is 0 Å². The SMILES string of the molecule is CN(Cc1csc(Br)c1)C(=O)C1CC1(C)C. The summed E-state index contributed by atoms with van der Waals surface area (Å²) in [5, 5.41) is 2.09. The molecular formula is C12H16BrNOS. The lowest BCUT2D eigenvalue weighted by Crippen LogP contribution is -2.28. The third kappa shape index (κ3) is 2.48. The maximum Gasteiger partial charge on any atom is 0.226 e. The summed E-state index contributed by atoms with van der Waals surface area (Å²) in [6.45, 7) is 5.03. The van der Waals surface area contributed by atoms with Gasteiger partial charge in [0.05, 0.1) is 3.79 Å². The average Bonchev–Trinajstić information content (AvgIpc) is 2.62. The minimum Gasteiger partial charge on any atom is -0.341 e. The van der Waals surface area contributed by atoms with Gasteiger partial charge in [0.25, 0.3) is 0 Å². The number of carbonyl (C=O) groups excluding carboxylic acids is 1. The van der Waals surface area contributed by atoms with Crippen molar-refractivity contribution < 1.29 is 4.79 Å². The van der Waals surface area contributed by atoms with Gasteiger partial charge in [0, 0.05) is 19.5 Å². The first-order valence-electron chi connectivity index (χ1n) is 5.38. The van der Waals surface area contributed by atoms with Crippen LogP contribution in [0.2, 0.25) is 0 Å². The summed E-state index contributed by atoms with van der Waals surface area (Å²) in [6, 6.07) is 2.08. The van der Waals surface area contributed by atoms with E-state index in [1.54, 1.807) is 11.3 Å². The molecule has 1 unspecified atom stereocenters. The van der Waals surface area contributed by atoms with Crippen molar-refractivity contribution in [3.05, 3.63) is 20.8 Å². The van der Waals surface area contributed by atoms with Crippen LogP contribution in [-0.4, -0.2) is 17.9 Å². The predicted molar refractivity (Wildman–Crippen MR) is 70.4 cm³/mol. The zero-order valence-electron chi connectivity index (χ0n) is 9.79. The molecule has 1 aromatic heterocycles. The second-order valence-corrected chi connectivity index (χ2v) is 7.49. The fourth-order valence-electron chi connectivity index (χ4n) is 1.94. The van der Waals surface area contributed by atoms with Crippen molar-refractivity contribution >= 4 is 33.2 Å². The molecule has 1 fully saturated rings. The van der Waals surface area contributed by atoms with Gasteiger partial charge in [-0.05, 0) is 44.8 Å². The largest absolute Gasteiger partial charge is 0.341 e. The fraction of sp³-hybridized carbons (Fsp3) is 0.583. The molecule has 1 aliphatic carbocycles. The first-order chi connectivity index (χ1) is 7.40. The van der Waals surface area contributed by atoms with Gasteiger partial charge in [-0.15, -0.1) is 11.3 Å². The molecule has 1 amide bonds. The molecule has 4 heteroatoms. The van der Waals surface area contributed by atoms with E-state index in [0.29, 0.717) is 6.54 Å². The molecular weight excluding hydrogens is 286 g/mol. The highest BCUT2D eigenvalue weighted by Crippen LogP contribution is 2.52. The highest BCUT2D eigenvalue weighted by molar-refractivity contribution is 9.11. The van der Waals surface area contributed by atoms with Crippen molar-refractivity contribution in [2.45, 2.75) is 26.8 Å². The van der Waals surface area contributed by atoms with Crippen LogP contribution in [0.4, 0.5) is 0 Å². The second kappa shape index (κ2) is 4.15. The number of rotatable bonds is 3. The van der Waals surface area contributed by atoms with E-state index in [9.17, 15) is 4.79 Å². The van der Waals surface area contributed by atoms with E-state index in [-0.39, 0.29) is 17.2 Å². The summed E-state index contributed by atoms with van der Waals surface area (Å²) in [5.41, 5.74) is 1.42. The van der Waals surface area contributed by atoms with E-state index in [0.717, 1.165) is 10.2 Å². The molecule has 16 heavy (non-hydrogen) atoms. The van der Waals surface area contributed by atoms with Crippen LogP contribution >= 0.6 is 27.3 Å². The molecule has 1 saturated carbocycles. The Morgan fingerprint density at radius 2 is 2.31 bits per heavy atom. The summed E-state index contributed by atoms with van der Waals surface area (Å²) in [7, 11) is 1.89. The maximum absolute atomic E-state index is 12.0. The Morgan fingerprint density at radius 1 is 1.69 bits per heavy atom. The summed E-state index contributed by atoms with van der Waals surface area (Å²) in [6.07, 6.45) is 1.03. The standard InChI is InChI=1S/C12H16BrNOS/c1-12(2)5-9(12)11(15)14(3)6-8-4-10(13)16-7-8/h4,7,9H,5-6H2,1-3H3. The van der Waals surface area contributed by atoms with E-state index in [4.69, 9.17) is 0 Å². The Bertz CT molecular complexity index is 413. The van der Waals surface area contributed by atoms with E-state index in [1.165, 1.54) is 5.56 Å². The molecule has 1 aromatic rings. The summed E-state index contributed by atoms with van der Waals surface area (Å²) in [4.78, 5) is 13.9. The number of carbonyl (C=O) groups is 1. The summed E-state index contributed by atoms with van der Waals surface area (Å²) >= 11 is 5.09. The highest BCUT2D eigenvalue weighted by Gasteiger charge is 2.51. The smallest absolute Gasteiger partial charge is 0.226 e. The topological polar surface area (TPSA) is 20.3 Å². The second-order valence-electron chi connectivity index (χ2n) is 5.20. The van der Waals surface area contributed by atoms with Gasteiger partial charge in [-0.1, -0.05) is 13.8 Å². The van der Waals surface area contributed by atoms with Crippen LogP contribution in [0, 0.1) is 11.3 Å². The first kappa shape index (κ1) is 12.1. The monoisotopic (exact) mass is 301 g/mol. The third-order valence-electron chi connectivity index (χ3n) is 3.23. The minimum absolute atomic E-state index is 0.223. The number of hydrogen-bond acceptors (Lipinski definition) is 2. The third-order valence-corrected chi connectivity index (χ3v) is 4.78. The normalized spacial score (nSPS) is 21.9. The molecule has 0 saturated heterocycles. The molecule has 0 N–H and O–H groups in total. The Labute approximate surface area is 109 Å². The van der Waals surface area contributed by atoms with Gasteiger partial charge in [-0.25, -0.2) is 0 Å². The van der Waals surface area contributed by atoms with E-state index < -0.39 is 0 Å². The van der Waals surface area contributed by atoms with Crippen LogP contribution in [0.5, 0.6) is 0 Å². The Kier molecular flexibility index (Phi) is 3.14. The minimum atomic E-state index is 0.223. The number of amides is 1. The number of halogens is 1. The fourth-order valence-corrected chi connectivity index (χ4v) is 3.14. The van der Waals surface area contributed by atoms with Gasteiger partial charge in [-0.3, -0.25) is 4.79 Å². The van der Waals surface area contributed by atoms with Crippen LogP contribution in [-0.2, 0) is 11.3 Å². The molecule has 1 aliphatic rings. The number of thiophene rings is 1. The number of nitrogens with zero attached hydrogens (tertiary/aromatic N) is 1. The van der Waals surface area contributed by atoms with Crippen LogP contribution < -0.4 is 0 Å². The summed E-state index contributed by atoms with van der Waals surface area (Å²) < 4.78 is 1.12. The molecule has 2 nitrogen and oxygen atoms in total. The lowest BCUT2D eigenvalue weighted by molar-refractivity contribution is -0.132. The molecule has 0 radical (unpaired) electrons. The average molecular weight is 302 g/mol. The molecule has 0 spiro atoms. The van der Waals surface area contributed by atoms with Crippen molar-refractivity contribution in [2.75, 3.05) is 7.05 Å². The molecule has 2 rings (SSSR count). The summed E-state index contributed by atoms with van der Waals surface area (Å²) in [5.74, 6) is 0.520. The van der Waals surface area contributed by atoms with Gasteiger partial charge in [0.1, 0.15) is 0 Å². The van der Waals surface area contributed by atoms with Crippen LogP contribution in [0.15, 0.2) is 15.2 Å². The first-order valence-corrected chi connectivity index (χ1v) is 7.05. The van der Waals surface area contributed by atoms with Gasteiger partial charge in [-0.2, -0.15) is 0 Å². The molecule has 0 aromatic carbocycles. The van der Waals surface area contributed by atoms with Gasteiger partial charge < -0.3 is 4.90 Å². The number of hydrogen-bond donors (Lipinski definition) is 0. The zero-order chi connectivity index (χ0) is 11.9. The van der Waals surface area contributed by atoms with Crippen molar-refractivity contribution in [3.8, 4) is 0 Å². The van der Waals surface area contributed by atoms with Crippen molar-refractivity contribution in [1.29, 1.82) is 0 Å². The van der Waals surface area contributed by atoms with E-state index in [2.05, 4.69) is 41.2 Å². The van der Waals surface area contributed by atoms with Crippen LogP contribution in [0.3, 0.4) is 0 Å². The molecule has 1 heterocycles. The lowest BCUT2D eigenvalue weighted by Gasteiger charge is -2.17. The van der Waals surface area contributed by atoms with Crippen LogP contribution in [0.1, 0.15) is 25.8 Å². The Morgan fingerprint density at radius 3 is 2.75 bits per heavy atom. The quantitative estimate of drug-likeness (QED) is 0.836. The molecule has 0 aliphatic heterocycles. The van der Waals surface area contributed by atoms with Gasteiger partial charge >= 0.3 is 0 Å². The Hall–Kier alpha value is -0.350. The van der Waals surface area contributed by atoms with E-state index in [1.807, 2.05) is 11.9 Å². The highest BCUT2D eigenvalue weighted by atomic mass is 79.9. The molecule has 0 bridgehead atoms. The predicted octanol–water partition coefficient (Wildman–Crippen LogP) is 3.52. The molecule has 1 atom stereocenters. The van der Waals surface area contributed by atoms with Crippen molar-refractivity contribution in [1.82, 2.24) is 4.90 Å². The lowest BCUT2D eigenvalue weighted by atomic mass is 10.1. The van der Waals surface area contributed by atoms with Crippen molar-refractivity contribution in [3.63, 3.8) is 0 Å². The Balaban J connectivity index is 1.94. The van der Waals surface area contributed by atoms with Gasteiger partial charge in [0.2, 0.25) is 5.91 Å². The maximum atomic E-state index is 12.0.